The predicted octanol–water partition coefficient (Wildman–Crippen LogP) is 2.03. The number of carbonyl (C=O) groups is 1. The summed E-state index contributed by atoms with van der Waals surface area (Å²) in [4.78, 5) is 13.9. The quantitative estimate of drug-likeness (QED) is 0.732. The summed E-state index contributed by atoms with van der Waals surface area (Å²) in [6.45, 7) is 7.27. The van der Waals surface area contributed by atoms with Gasteiger partial charge in [0.2, 0.25) is 0 Å². The second kappa shape index (κ2) is 8.26. The standard InChI is InChI=1S/C15H24N2O4S/c1-5-16(6-2)22(19,20)21-12-15(18)17(13(3)4)14-10-8-7-9-11-14/h7-11,13H,5-6,12H2,1-4H3. The van der Waals surface area contributed by atoms with Crippen LogP contribution in [0, 0.1) is 0 Å². The van der Waals surface area contributed by atoms with Gasteiger partial charge in [-0.2, -0.15) is 12.7 Å². The molecule has 1 rings (SSSR count). The Balaban J connectivity index is 2.82. The topological polar surface area (TPSA) is 66.9 Å². The summed E-state index contributed by atoms with van der Waals surface area (Å²) in [7, 11) is -3.87. The molecular formula is C15H24N2O4S. The molecule has 124 valence electrons. The molecule has 0 saturated heterocycles. The second-order valence-electron chi connectivity index (χ2n) is 5.00. The van der Waals surface area contributed by atoms with Crippen molar-refractivity contribution in [2.45, 2.75) is 33.7 Å². The lowest BCUT2D eigenvalue weighted by molar-refractivity contribution is -0.120. The zero-order chi connectivity index (χ0) is 16.8. The molecule has 1 aromatic carbocycles. The van der Waals surface area contributed by atoms with Gasteiger partial charge in [0.05, 0.1) is 0 Å². The Kier molecular flexibility index (Phi) is 6.99. The lowest BCUT2D eigenvalue weighted by atomic mass is 10.2. The Hall–Kier alpha value is -1.44. The highest BCUT2D eigenvalue weighted by Crippen LogP contribution is 2.17. The van der Waals surface area contributed by atoms with Gasteiger partial charge in [0.1, 0.15) is 6.61 Å². The van der Waals surface area contributed by atoms with Crippen LogP contribution in [0.2, 0.25) is 0 Å². The summed E-state index contributed by atoms with van der Waals surface area (Å²) >= 11 is 0. The second-order valence-corrected chi connectivity index (χ2v) is 6.60. The summed E-state index contributed by atoms with van der Waals surface area (Å²) in [5.74, 6) is -0.392. The number of para-hydroxylation sites is 1. The summed E-state index contributed by atoms with van der Waals surface area (Å²) in [5, 5.41) is 0. The van der Waals surface area contributed by atoms with Crippen molar-refractivity contribution in [2.24, 2.45) is 0 Å². The first kappa shape index (κ1) is 18.6. The van der Waals surface area contributed by atoms with Gasteiger partial charge in [0.15, 0.2) is 0 Å². The fourth-order valence-electron chi connectivity index (χ4n) is 2.13. The summed E-state index contributed by atoms with van der Waals surface area (Å²) in [6, 6.07) is 9.01. The summed E-state index contributed by atoms with van der Waals surface area (Å²) in [6.07, 6.45) is 0. The van der Waals surface area contributed by atoms with E-state index in [9.17, 15) is 13.2 Å². The van der Waals surface area contributed by atoms with Crippen molar-refractivity contribution in [3.8, 4) is 0 Å². The maximum Gasteiger partial charge on any atom is 0.338 e. The fourth-order valence-corrected chi connectivity index (χ4v) is 3.16. The number of benzene rings is 1. The SMILES string of the molecule is CCN(CC)S(=O)(=O)OCC(=O)N(c1ccccc1)C(C)C. The molecule has 0 aliphatic rings. The maximum atomic E-state index is 12.3. The molecule has 0 radical (unpaired) electrons. The van der Waals surface area contributed by atoms with Crippen molar-refractivity contribution >= 4 is 21.9 Å². The molecule has 7 heteroatoms. The predicted molar refractivity (Wildman–Crippen MR) is 86.9 cm³/mol. The number of anilines is 1. The maximum absolute atomic E-state index is 12.3. The molecular weight excluding hydrogens is 304 g/mol. The van der Waals surface area contributed by atoms with E-state index in [-0.39, 0.29) is 6.04 Å². The number of nitrogens with zero attached hydrogens (tertiary/aromatic N) is 2. The van der Waals surface area contributed by atoms with Crippen molar-refractivity contribution < 1.29 is 17.4 Å². The molecule has 6 nitrogen and oxygen atoms in total. The zero-order valence-corrected chi connectivity index (χ0v) is 14.3. The van der Waals surface area contributed by atoms with E-state index in [2.05, 4.69) is 0 Å². The first-order valence-corrected chi connectivity index (χ1v) is 8.71. The highest BCUT2D eigenvalue weighted by molar-refractivity contribution is 7.84. The molecule has 0 saturated carbocycles. The fraction of sp³-hybridized carbons (Fsp3) is 0.533. The van der Waals surface area contributed by atoms with E-state index in [1.807, 2.05) is 32.0 Å². The van der Waals surface area contributed by atoms with Crippen molar-refractivity contribution in [3.63, 3.8) is 0 Å². The Morgan fingerprint density at radius 1 is 1.14 bits per heavy atom. The number of carbonyl (C=O) groups excluding carboxylic acids is 1. The van der Waals surface area contributed by atoms with Crippen LogP contribution in [0.5, 0.6) is 0 Å². The normalized spacial score (nSPS) is 11.9. The molecule has 0 spiro atoms. The van der Waals surface area contributed by atoms with Gasteiger partial charge in [-0.05, 0) is 26.0 Å². The third kappa shape index (κ3) is 4.79. The van der Waals surface area contributed by atoms with Gasteiger partial charge in [-0.3, -0.25) is 4.79 Å². The van der Waals surface area contributed by atoms with E-state index in [4.69, 9.17) is 4.18 Å². The largest absolute Gasteiger partial charge is 0.338 e. The molecule has 0 heterocycles. The third-order valence-corrected chi connectivity index (χ3v) is 4.74. The highest BCUT2D eigenvalue weighted by Gasteiger charge is 2.24. The Morgan fingerprint density at radius 2 is 1.68 bits per heavy atom. The van der Waals surface area contributed by atoms with Gasteiger partial charge in [-0.25, -0.2) is 4.18 Å². The number of amides is 1. The molecule has 0 aromatic heterocycles. The minimum Gasteiger partial charge on any atom is -0.308 e. The van der Waals surface area contributed by atoms with Gasteiger partial charge in [0, 0.05) is 24.8 Å². The molecule has 0 bridgehead atoms. The molecule has 0 atom stereocenters. The van der Waals surface area contributed by atoms with Crippen molar-refractivity contribution in [3.05, 3.63) is 30.3 Å². The van der Waals surface area contributed by atoms with Crippen LogP contribution in [0.15, 0.2) is 30.3 Å². The van der Waals surface area contributed by atoms with E-state index in [1.165, 1.54) is 9.21 Å². The van der Waals surface area contributed by atoms with E-state index in [0.717, 1.165) is 0 Å². The van der Waals surface area contributed by atoms with Crippen LogP contribution in [0.3, 0.4) is 0 Å². The van der Waals surface area contributed by atoms with Crippen molar-refractivity contribution in [1.29, 1.82) is 0 Å². The Labute approximate surface area is 132 Å². The van der Waals surface area contributed by atoms with Gasteiger partial charge < -0.3 is 4.90 Å². The lowest BCUT2D eigenvalue weighted by Gasteiger charge is -2.27. The van der Waals surface area contributed by atoms with Gasteiger partial charge in [0.25, 0.3) is 5.91 Å². The molecule has 0 aliphatic carbocycles. The van der Waals surface area contributed by atoms with Crippen LogP contribution < -0.4 is 4.90 Å². The van der Waals surface area contributed by atoms with Gasteiger partial charge >= 0.3 is 10.3 Å². The van der Waals surface area contributed by atoms with Crippen LogP contribution >= 0.6 is 0 Å². The van der Waals surface area contributed by atoms with E-state index < -0.39 is 22.8 Å². The number of rotatable bonds is 8. The third-order valence-electron chi connectivity index (χ3n) is 3.17. The Morgan fingerprint density at radius 3 is 2.14 bits per heavy atom. The van der Waals surface area contributed by atoms with Crippen LogP contribution in [0.1, 0.15) is 27.7 Å². The molecule has 1 aromatic rings. The molecule has 0 fully saturated rings. The van der Waals surface area contributed by atoms with Gasteiger partial charge in [-0.15, -0.1) is 0 Å². The molecule has 0 aliphatic heterocycles. The average molecular weight is 328 g/mol. The minimum atomic E-state index is -3.87. The zero-order valence-electron chi connectivity index (χ0n) is 13.5. The lowest BCUT2D eigenvalue weighted by Crippen LogP contribution is -2.41. The average Bonchev–Trinajstić information content (AvgIpc) is 2.47. The number of hydrogen-bond acceptors (Lipinski definition) is 4. The first-order chi connectivity index (χ1) is 10.3. The molecule has 0 unspecified atom stereocenters. The molecule has 1 amide bonds. The van der Waals surface area contributed by atoms with E-state index in [1.54, 1.807) is 26.0 Å². The molecule has 22 heavy (non-hydrogen) atoms. The van der Waals surface area contributed by atoms with Crippen LogP contribution in [-0.4, -0.2) is 44.4 Å². The van der Waals surface area contributed by atoms with Crippen molar-refractivity contribution in [2.75, 3.05) is 24.6 Å². The minimum absolute atomic E-state index is 0.102. The van der Waals surface area contributed by atoms with Crippen LogP contribution in [0.25, 0.3) is 0 Å². The summed E-state index contributed by atoms with van der Waals surface area (Å²) < 4.78 is 30.0. The monoisotopic (exact) mass is 328 g/mol. The summed E-state index contributed by atoms with van der Waals surface area (Å²) in [5.41, 5.74) is 0.714. The van der Waals surface area contributed by atoms with Crippen LogP contribution in [-0.2, 0) is 19.3 Å². The smallest absolute Gasteiger partial charge is 0.308 e. The number of hydrogen-bond donors (Lipinski definition) is 0. The van der Waals surface area contributed by atoms with Crippen LogP contribution in [0.4, 0.5) is 5.69 Å². The van der Waals surface area contributed by atoms with E-state index in [0.29, 0.717) is 18.8 Å². The highest BCUT2D eigenvalue weighted by atomic mass is 32.2. The van der Waals surface area contributed by atoms with Gasteiger partial charge in [-0.1, -0.05) is 32.0 Å². The van der Waals surface area contributed by atoms with Crippen molar-refractivity contribution in [1.82, 2.24) is 4.31 Å². The molecule has 0 N–H and O–H groups in total. The van der Waals surface area contributed by atoms with E-state index >= 15 is 0 Å². The Bertz CT molecular complexity index is 568. The first-order valence-electron chi connectivity index (χ1n) is 7.35.